The predicted molar refractivity (Wildman–Crippen MR) is 426 cm³/mol. The Balaban J connectivity index is 4.48. The number of hydrogen-bond acceptors (Lipinski definition) is 14. The van der Waals surface area contributed by atoms with E-state index in [0.29, 0.717) is 19.3 Å². The van der Waals surface area contributed by atoms with Crippen molar-refractivity contribution in [2.45, 2.75) is 334 Å². The molecule has 0 fully saturated rings. The molecular formula is C85H144O16P2. The Labute approximate surface area is 626 Å². The van der Waals surface area contributed by atoms with Gasteiger partial charge < -0.3 is 34.2 Å². The van der Waals surface area contributed by atoms with Crippen LogP contribution in [0.2, 0.25) is 0 Å². The van der Waals surface area contributed by atoms with Gasteiger partial charge in [0.05, 0.1) is 26.4 Å². The third-order valence-electron chi connectivity index (χ3n) is 16.5. The average molecular weight is 1480 g/mol. The number of allylic oxidation sites excluding steroid dienone is 24. The number of phosphoric ester groups is 2. The molecule has 5 atom stereocenters. The van der Waals surface area contributed by atoms with E-state index in [9.17, 15) is 43.5 Å². The summed E-state index contributed by atoms with van der Waals surface area (Å²) in [5.41, 5.74) is 0. The third kappa shape index (κ3) is 78.3. The zero-order chi connectivity index (χ0) is 75.2. The molecule has 5 unspecified atom stereocenters. The molecule has 18 heteroatoms. The van der Waals surface area contributed by atoms with Gasteiger partial charge in [0.2, 0.25) is 0 Å². The molecule has 0 aromatic rings. The largest absolute Gasteiger partial charge is 0.472 e. The summed E-state index contributed by atoms with van der Waals surface area (Å²) in [4.78, 5) is 58.6. The predicted octanol–water partition coefficient (Wildman–Crippen LogP) is 23.7. The number of esters is 3. The van der Waals surface area contributed by atoms with Gasteiger partial charge in [-0.15, -0.1) is 0 Å². The van der Waals surface area contributed by atoms with E-state index in [-0.39, 0.29) is 19.3 Å². The molecule has 0 aliphatic rings. The number of aliphatic hydroxyl groups is 2. The standard InChI is InChI=1S/C85H144O16P2/c1-4-7-10-13-16-19-22-25-28-31-32-33-34-35-36-37-38-39-40-41-42-43-44-45-46-49-51-53-56-59-62-65-68-71-83(88)95-74-80(86)75-97-102(91,92)98-76-81(87)77-99-103(93,94)100-79-82(101-85(90)73-70-67-64-61-58-55-52-48-30-27-24-21-18-15-12-9-6-3)78-96-84(89)72-69-66-63-60-57-54-50-47-29-26-23-20-17-14-11-8-5-2/h8-9,11-12,16-21,25-30,32-33,35-36,50,52,54-55,80-82,86-87H,4-7,10,13-15,22-24,31,34,37-49,51,53,56-79H2,1-3H3,(H,91,92)(H,93,94)/b11-8-,12-9-,19-16-,20-17-,21-18-,28-25-,29-26-,30-27-,33-32-,36-35-,54-50-,55-52-. The smallest absolute Gasteiger partial charge is 0.463 e. The number of rotatable bonds is 75. The molecule has 0 bridgehead atoms. The molecule has 590 valence electrons. The minimum atomic E-state index is -4.95. The van der Waals surface area contributed by atoms with Gasteiger partial charge in [-0.2, -0.15) is 0 Å². The van der Waals surface area contributed by atoms with Gasteiger partial charge in [0.15, 0.2) is 6.10 Å². The maximum atomic E-state index is 13.0. The van der Waals surface area contributed by atoms with Crippen molar-refractivity contribution in [2.75, 3.05) is 39.6 Å². The fraction of sp³-hybridized carbons (Fsp3) is 0.682. The number of unbranched alkanes of at least 4 members (excludes halogenated alkanes) is 28. The molecule has 0 rings (SSSR count). The zero-order valence-corrected chi connectivity index (χ0v) is 66.2. The molecule has 103 heavy (non-hydrogen) atoms. The first-order valence-corrected chi connectivity index (χ1v) is 43.1. The SMILES string of the molecule is CC/C=C\C/C=C\C/C=C\C/C=C\CCCCCCC(=O)OCC(COP(=O)(O)OCC(O)COP(=O)(O)OCC(O)COC(=O)CCCCCCCCCCCCCCCCCCC/C=C\C/C=C\C/C=C\C/C=C\CCCCC)OC(=O)CCCCCC/C=C\C/C=C\C/C=C\C/C=C\CC. The Hall–Kier alpha value is -4.57. The highest BCUT2D eigenvalue weighted by molar-refractivity contribution is 7.47. The van der Waals surface area contributed by atoms with Gasteiger partial charge in [0.1, 0.15) is 25.4 Å². The first kappa shape index (κ1) is 98.4. The van der Waals surface area contributed by atoms with Crippen LogP contribution < -0.4 is 0 Å². The van der Waals surface area contributed by atoms with Crippen LogP contribution in [-0.4, -0.2) is 95.9 Å². The van der Waals surface area contributed by atoms with Gasteiger partial charge in [-0.05, 0) is 141 Å². The Morgan fingerprint density at radius 1 is 0.282 bits per heavy atom. The number of phosphoric acid groups is 2. The second-order valence-corrected chi connectivity index (χ2v) is 29.4. The quantitative estimate of drug-likeness (QED) is 0.0146. The Kier molecular flexibility index (Phi) is 73.6. The van der Waals surface area contributed by atoms with Crippen molar-refractivity contribution in [3.63, 3.8) is 0 Å². The van der Waals surface area contributed by atoms with E-state index in [1.54, 1.807) is 0 Å². The van der Waals surface area contributed by atoms with E-state index in [4.69, 9.17) is 32.3 Å². The lowest BCUT2D eigenvalue weighted by Gasteiger charge is -2.21. The van der Waals surface area contributed by atoms with Crippen molar-refractivity contribution in [2.24, 2.45) is 0 Å². The topological polar surface area (TPSA) is 231 Å². The van der Waals surface area contributed by atoms with Crippen molar-refractivity contribution >= 4 is 33.6 Å². The second-order valence-electron chi connectivity index (χ2n) is 26.5. The van der Waals surface area contributed by atoms with Crippen LogP contribution in [0.1, 0.15) is 316 Å². The first-order chi connectivity index (χ1) is 50.2. The summed E-state index contributed by atoms with van der Waals surface area (Å²) in [5.74, 6) is -1.63. The van der Waals surface area contributed by atoms with Gasteiger partial charge in [0, 0.05) is 19.3 Å². The van der Waals surface area contributed by atoms with E-state index in [1.807, 2.05) is 0 Å². The van der Waals surface area contributed by atoms with Crippen LogP contribution in [0.25, 0.3) is 0 Å². The highest BCUT2D eigenvalue weighted by Gasteiger charge is 2.29. The molecule has 0 spiro atoms. The fourth-order valence-corrected chi connectivity index (χ4v) is 12.1. The van der Waals surface area contributed by atoms with E-state index < -0.39 is 91.5 Å². The number of ether oxygens (including phenoxy) is 3. The molecule has 4 N–H and O–H groups in total. The molecule has 0 aliphatic heterocycles. The van der Waals surface area contributed by atoms with E-state index in [1.165, 1.54) is 116 Å². The highest BCUT2D eigenvalue weighted by atomic mass is 31.2. The highest BCUT2D eigenvalue weighted by Crippen LogP contribution is 2.45. The van der Waals surface area contributed by atoms with Crippen LogP contribution in [0, 0.1) is 0 Å². The molecule has 0 heterocycles. The van der Waals surface area contributed by atoms with Gasteiger partial charge in [0.25, 0.3) is 0 Å². The van der Waals surface area contributed by atoms with Gasteiger partial charge >= 0.3 is 33.6 Å². The molecule has 0 saturated heterocycles. The fourth-order valence-electron chi connectivity index (χ4n) is 10.5. The van der Waals surface area contributed by atoms with Crippen LogP contribution in [0.15, 0.2) is 146 Å². The van der Waals surface area contributed by atoms with Crippen LogP contribution in [0.4, 0.5) is 0 Å². The maximum Gasteiger partial charge on any atom is 0.472 e. The summed E-state index contributed by atoms with van der Waals surface area (Å²) >= 11 is 0. The third-order valence-corrected chi connectivity index (χ3v) is 18.4. The van der Waals surface area contributed by atoms with Crippen molar-refractivity contribution in [1.82, 2.24) is 0 Å². The van der Waals surface area contributed by atoms with Crippen molar-refractivity contribution in [3.8, 4) is 0 Å². The van der Waals surface area contributed by atoms with E-state index in [2.05, 4.69) is 167 Å². The molecule has 0 saturated carbocycles. The number of carbonyl (C=O) groups excluding carboxylic acids is 3. The van der Waals surface area contributed by atoms with Crippen LogP contribution in [0.5, 0.6) is 0 Å². The summed E-state index contributed by atoms with van der Waals surface area (Å²) in [7, 11) is -9.81. The molecule has 0 aliphatic carbocycles. The lowest BCUT2D eigenvalue weighted by Crippen LogP contribution is -2.30. The van der Waals surface area contributed by atoms with Gasteiger partial charge in [-0.1, -0.05) is 301 Å². The number of aliphatic hydroxyl groups excluding tert-OH is 2. The van der Waals surface area contributed by atoms with Gasteiger partial charge in [-0.25, -0.2) is 9.13 Å². The van der Waals surface area contributed by atoms with E-state index >= 15 is 0 Å². The van der Waals surface area contributed by atoms with Crippen molar-refractivity contribution in [1.29, 1.82) is 0 Å². The Morgan fingerprint density at radius 2 is 0.515 bits per heavy atom. The molecule has 0 aromatic carbocycles. The summed E-state index contributed by atoms with van der Waals surface area (Å²) in [6.07, 6.45) is 94.8. The molecule has 16 nitrogen and oxygen atoms in total. The lowest BCUT2D eigenvalue weighted by atomic mass is 10.0. The Bertz CT molecular complexity index is 2450. The minimum Gasteiger partial charge on any atom is -0.463 e. The van der Waals surface area contributed by atoms with Crippen LogP contribution in [0.3, 0.4) is 0 Å². The normalized spacial score (nSPS) is 14.7. The molecular weight excluding hydrogens is 1340 g/mol. The monoisotopic (exact) mass is 1480 g/mol. The molecule has 0 aromatic heterocycles. The lowest BCUT2D eigenvalue weighted by molar-refractivity contribution is -0.161. The van der Waals surface area contributed by atoms with Crippen molar-refractivity contribution in [3.05, 3.63) is 146 Å². The van der Waals surface area contributed by atoms with Crippen LogP contribution in [-0.2, 0) is 55.8 Å². The Morgan fingerprint density at radius 3 is 0.816 bits per heavy atom. The average Bonchev–Trinajstić information content (AvgIpc) is 0.918. The van der Waals surface area contributed by atoms with Gasteiger partial charge in [-0.3, -0.25) is 32.5 Å². The zero-order valence-electron chi connectivity index (χ0n) is 64.4. The molecule has 0 amide bonds. The summed E-state index contributed by atoms with van der Waals surface area (Å²) in [6.45, 7) is 2.37. The second kappa shape index (κ2) is 77.1. The number of hydrogen-bond donors (Lipinski definition) is 4. The summed E-state index contributed by atoms with van der Waals surface area (Å²) < 4.78 is 61.1. The molecule has 0 radical (unpaired) electrons. The van der Waals surface area contributed by atoms with Crippen LogP contribution >= 0.6 is 15.6 Å². The number of carbonyl (C=O) groups is 3. The van der Waals surface area contributed by atoms with Crippen molar-refractivity contribution < 1.29 is 75.8 Å². The maximum absolute atomic E-state index is 13.0. The van der Waals surface area contributed by atoms with E-state index in [0.717, 1.165) is 141 Å². The summed E-state index contributed by atoms with van der Waals surface area (Å²) in [6, 6.07) is 0. The first-order valence-electron chi connectivity index (χ1n) is 40.1. The minimum absolute atomic E-state index is 0.0668. The summed E-state index contributed by atoms with van der Waals surface area (Å²) in [5, 5.41) is 20.6.